The predicted molar refractivity (Wildman–Crippen MR) is 113 cm³/mol. The molecule has 0 radical (unpaired) electrons. The quantitative estimate of drug-likeness (QED) is 0.579. The Labute approximate surface area is 183 Å². The summed E-state index contributed by atoms with van der Waals surface area (Å²) in [6, 6.07) is 11.1. The lowest BCUT2D eigenvalue weighted by Crippen LogP contribution is -2.47. The molecule has 9 heteroatoms. The van der Waals surface area contributed by atoms with Crippen molar-refractivity contribution in [2.24, 2.45) is 4.99 Å². The molecule has 1 atom stereocenters. The summed E-state index contributed by atoms with van der Waals surface area (Å²) in [5.41, 5.74) is 0.0219. The molecule has 0 fully saturated rings. The SMILES string of the molecule is COC(=O)C1=C(C)NC(Cl)=NC12C(=O)N(Cc1ccc(OC)cc1)c1cc(F)ccc12. The molecule has 0 bridgehead atoms. The molecule has 0 aliphatic carbocycles. The maximum Gasteiger partial charge on any atom is 0.338 e. The number of amides is 1. The number of hydrogen-bond acceptors (Lipinski definition) is 6. The number of rotatable bonds is 4. The topological polar surface area (TPSA) is 80.2 Å². The molecule has 0 saturated heterocycles. The number of hydrogen-bond donors (Lipinski definition) is 1. The van der Waals surface area contributed by atoms with E-state index in [1.54, 1.807) is 38.3 Å². The molecule has 160 valence electrons. The number of carbonyl (C=O) groups is 2. The number of esters is 1. The number of halogens is 2. The van der Waals surface area contributed by atoms with Crippen molar-refractivity contribution in [3.63, 3.8) is 0 Å². The van der Waals surface area contributed by atoms with Gasteiger partial charge in [-0.3, -0.25) is 4.79 Å². The molecule has 31 heavy (non-hydrogen) atoms. The van der Waals surface area contributed by atoms with E-state index < -0.39 is 23.2 Å². The van der Waals surface area contributed by atoms with Gasteiger partial charge in [0.2, 0.25) is 5.54 Å². The van der Waals surface area contributed by atoms with Crippen molar-refractivity contribution in [1.82, 2.24) is 5.32 Å². The number of ether oxygens (including phenoxy) is 2. The summed E-state index contributed by atoms with van der Waals surface area (Å²) in [6.07, 6.45) is 0. The average molecular weight is 444 g/mol. The molecule has 7 nitrogen and oxygen atoms in total. The zero-order valence-electron chi connectivity index (χ0n) is 17.0. The Kier molecular flexibility index (Phi) is 5.18. The highest BCUT2D eigenvalue weighted by molar-refractivity contribution is 6.65. The van der Waals surface area contributed by atoms with Gasteiger partial charge in [-0.1, -0.05) is 18.2 Å². The normalized spacial score (nSPS) is 19.8. The number of nitrogens with zero attached hydrogens (tertiary/aromatic N) is 2. The van der Waals surface area contributed by atoms with Crippen molar-refractivity contribution < 1.29 is 23.5 Å². The van der Waals surface area contributed by atoms with Gasteiger partial charge in [-0.2, -0.15) is 0 Å². The van der Waals surface area contributed by atoms with Gasteiger partial charge in [0.25, 0.3) is 5.91 Å². The number of amidine groups is 1. The summed E-state index contributed by atoms with van der Waals surface area (Å²) in [5, 5.41) is 2.72. The second kappa shape index (κ2) is 7.70. The van der Waals surface area contributed by atoms with Crippen molar-refractivity contribution in [1.29, 1.82) is 0 Å². The highest BCUT2D eigenvalue weighted by Gasteiger charge is 2.58. The van der Waals surface area contributed by atoms with Gasteiger partial charge in [-0.25, -0.2) is 14.2 Å². The first-order valence-electron chi connectivity index (χ1n) is 9.38. The number of allylic oxidation sites excluding steroid dienone is 1. The third kappa shape index (κ3) is 3.23. The summed E-state index contributed by atoms with van der Waals surface area (Å²) in [4.78, 5) is 32.3. The van der Waals surface area contributed by atoms with Crippen LogP contribution in [-0.4, -0.2) is 31.4 Å². The fourth-order valence-electron chi connectivity index (χ4n) is 4.00. The number of carbonyl (C=O) groups excluding carboxylic acids is 2. The van der Waals surface area contributed by atoms with E-state index in [9.17, 15) is 14.0 Å². The van der Waals surface area contributed by atoms with E-state index in [4.69, 9.17) is 21.1 Å². The average Bonchev–Trinajstić information content (AvgIpc) is 2.95. The van der Waals surface area contributed by atoms with E-state index in [0.717, 1.165) is 5.56 Å². The Morgan fingerprint density at radius 3 is 2.58 bits per heavy atom. The zero-order valence-corrected chi connectivity index (χ0v) is 17.8. The maximum absolute atomic E-state index is 14.2. The van der Waals surface area contributed by atoms with E-state index in [1.165, 1.54) is 30.2 Å². The minimum Gasteiger partial charge on any atom is -0.497 e. The molecule has 4 rings (SSSR count). The van der Waals surface area contributed by atoms with E-state index in [1.807, 2.05) is 0 Å². The summed E-state index contributed by atoms with van der Waals surface area (Å²) in [5.74, 6) is -1.11. The molecule has 2 aromatic carbocycles. The highest BCUT2D eigenvalue weighted by Crippen LogP contribution is 2.50. The minimum atomic E-state index is -1.77. The van der Waals surface area contributed by atoms with Crippen molar-refractivity contribution in [3.8, 4) is 5.75 Å². The highest BCUT2D eigenvalue weighted by atomic mass is 35.5. The standard InChI is InChI=1S/C22H19ClFN3O4/c1-12-18(19(28)31-3)22(26-21(23)25-12)16-9-6-14(24)10-17(16)27(20(22)29)11-13-4-7-15(30-2)8-5-13/h4-10H,11H2,1-3H3,(H,25,26). The van der Waals surface area contributed by atoms with Crippen LogP contribution in [0.2, 0.25) is 0 Å². The molecular weight excluding hydrogens is 425 g/mol. The minimum absolute atomic E-state index is 0.00879. The maximum atomic E-state index is 14.2. The molecule has 2 aliphatic heterocycles. The van der Waals surface area contributed by atoms with Crippen LogP contribution in [0.25, 0.3) is 0 Å². The van der Waals surface area contributed by atoms with Crippen LogP contribution in [0, 0.1) is 5.82 Å². The van der Waals surface area contributed by atoms with Crippen molar-refractivity contribution in [2.45, 2.75) is 19.0 Å². The largest absolute Gasteiger partial charge is 0.497 e. The number of anilines is 1. The molecule has 0 aromatic heterocycles. The van der Waals surface area contributed by atoms with Crippen LogP contribution in [0.5, 0.6) is 5.75 Å². The lowest BCUT2D eigenvalue weighted by molar-refractivity contribution is -0.138. The fraction of sp³-hybridized carbons (Fsp3) is 0.227. The second-order valence-corrected chi connectivity index (χ2v) is 7.49. The molecule has 1 N–H and O–H groups in total. The molecule has 0 saturated carbocycles. The van der Waals surface area contributed by atoms with Crippen LogP contribution in [-0.2, 0) is 26.4 Å². The van der Waals surface area contributed by atoms with Gasteiger partial charge in [0.05, 0.1) is 32.0 Å². The molecule has 2 heterocycles. The summed E-state index contributed by atoms with van der Waals surface area (Å²) < 4.78 is 24.3. The molecular formula is C22H19ClFN3O4. The van der Waals surface area contributed by atoms with Gasteiger partial charge < -0.3 is 19.7 Å². The second-order valence-electron chi connectivity index (χ2n) is 7.13. The smallest absolute Gasteiger partial charge is 0.338 e. The van der Waals surface area contributed by atoms with Crippen molar-refractivity contribution in [2.75, 3.05) is 19.1 Å². The molecule has 2 aromatic rings. The van der Waals surface area contributed by atoms with Gasteiger partial charge in [0.15, 0.2) is 5.29 Å². The fourth-order valence-corrected chi connectivity index (χ4v) is 4.27. The van der Waals surface area contributed by atoms with Gasteiger partial charge >= 0.3 is 5.97 Å². The van der Waals surface area contributed by atoms with Crippen molar-refractivity contribution >= 4 is 34.5 Å². The first-order valence-corrected chi connectivity index (χ1v) is 9.76. The Bertz CT molecular complexity index is 1150. The van der Waals surface area contributed by atoms with Crippen LogP contribution >= 0.6 is 11.6 Å². The molecule has 2 aliphatic rings. The first-order chi connectivity index (χ1) is 14.8. The Hall–Kier alpha value is -3.39. The number of nitrogens with one attached hydrogen (secondary N) is 1. The lowest BCUT2D eigenvalue weighted by Gasteiger charge is -2.31. The van der Waals surface area contributed by atoms with Gasteiger partial charge in [-0.15, -0.1) is 0 Å². The third-order valence-electron chi connectivity index (χ3n) is 5.38. The van der Waals surface area contributed by atoms with Crippen molar-refractivity contribution in [3.05, 3.63) is 70.7 Å². The van der Waals surface area contributed by atoms with Crippen LogP contribution in [0.1, 0.15) is 18.1 Å². The van der Waals surface area contributed by atoms with E-state index in [2.05, 4.69) is 10.3 Å². The predicted octanol–water partition coefficient (Wildman–Crippen LogP) is 3.22. The molecule has 1 unspecified atom stereocenters. The number of benzene rings is 2. The Morgan fingerprint density at radius 1 is 1.23 bits per heavy atom. The van der Waals surface area contributed by atoms with Crippen LogP contribution in [0.15, 0.2) is 58.7 Å². The summed E-state index contributed by atoms with van der Waals surface area (Å²) in [6.45, 7) is 1.74. The van der Waals surface area contributed by atoms with Gasteiger partial charge in [0, 0.05) is 11.3 Å². The van der Waals surface area contributed by atoms with E-state index >= 15 is 0 Å². The Balaban J connectivity index is 1.90. The number of aliphatic imine (C=N–C) groups is 1. The monoisotopic (exact) mass is 443 g/mol. The Morgan fingerprint density at radius 2 is 1.94 bits per heavy atom. The first kappa shape index (κ1) is 20.9. The molecule has 1 spiro atoms. The zero-order chi connectivity index (χ0) is 22.3. The number of fused-ring (bicyclic) bond motifs is 2. The van der Waals surface area contributed by atoms with E-state index in [-0.39, 0.29) is 17.4 Å². The summed E-state index contributed by atoms with van der Waals surface area (Å²) >= 11 is 6.19. The van der Waals surface area contributed by atoms with E-state index in [0.29, 0.717) is 22.7 Å². The van der Waals surface area contributed by atoms with Crippen LogP contribution in [0.4, 0.5) is 10.1 Å². The van der Waals surface area contributed by atoms with Crippen LogP contribution < -0.4 is 15.0 Å². The van der Waals surface area contributed by atoms with Gasteiger partial charge in [-0.05, 0) is 48.4 Å². The lowest BCUT2D eigenvalue weighted by atomic mass is 9.82. The van der Waals surface area contributed by atoms with Gasteiger partial charge in [0.1, 0.15) is 11.6 Å². The molecule has 1 amide bonds. The summed E-state index contributed by atoms with van der Waals surface area (Å²) in [7, 11) is 2.78. The van der Waals surface area contributed by atoms with Crippen LogP contribution in [0.3, 0.4) is 0 Å². The third-order valence-corrected chi connectivity index (χ3v) is 5.56. The number of methoxy groups -OCH3 is 2.